The molecule has 2 nitrogen and oxygen atoms in total. The molecule has 2 aromatic carbocycles. The van der Waals surface area contributed by atoms with Crippen LogP contribution in [0.25, 0.3) is 0 Å². The lowest BCUT2D eigenvalue weighted by molar-refractivity contribution is 0.102. The van der Waals surface area contributed by atoms with Crippen molar-refractivity contribution in [3.05, 3.63) is 58.1 Å². The van der Waals surface area contributed by atoms with Crippen LogP contribution in [0, 0.1) is 0 Å². The van der Waals surface area contributed by atoms with E-state index in [1.807, 2.05) is 24.5 Å². The Bertz CT molecular complexity index is 616. The minimum Gasteiger partial charge on any atom is -0.321 e. The van der Waals surface area contributed by atoms with Gasteiger partial charge in [-0.25, -0.2) is 0 Å². The second-order valence-electron chi connectivity index (χ2n) is 3.81. The third-order valence-electron chi connectivity index (χ3n) is 2.51. The number of amides is 1. The van der Waals surface area contributed by atoms with E-state index in [4.69, 9.17) is 23.2 Å². The molecule has 0 aliphatic rings. The first-order chi connectivity index (χ1) is 9.10. The molecule has 0 aliphatic heterocycles. The van der Waals surface area contributed by atoms with Crippen LogP contribution in [0.15, 0.2) is 47.4 Å². The first kappa shape index (κ1) is 14.3. The fourth-order valence-electron chi connectivity index (χ4n) is 1.55. The number of halogens is 2. The number of hydrogen-bond donors (Lipinski definition) is 1. The smallest absolute Gasteiger partial charge is 0.255 e. The molecule has 0 unspecified atom stereocenters. The molecule has 0 bridgehead atoms. The summed E-state index contributed by atoms with van der Waals surface area (Å²) in [4.78, 5) is 13.2. The number of hydrogen-bond acceptors (Lipinski definition) is 2. The van der Waals surface area contributed by atoms with Crippen LogP contribution in [0.1, 0.15) is 10.4 Å². The van der Waals surface area contributed by atoms with Gasteiger partial charge in [-0.2, -0.15) is 0 Å². The predicted octanol–water partition coefficient (Wildman–Crippen LogP) is 4.97. The van der Waals surface area contributed by atoms with Gasteiger partial charge in [-0.3, -0.25) is 4.79 Å². The quantitative estimate of drug-likeness (QED) is 0.811. The Morgan fingerprint density at radius 2 is 1.95 bits per heavy atom. The summed E-state index contributed by atoms with van der Waals surface area (Å²) in [5.41, 5.74) is 1.09. The van der Waals surface area contributed by atoms with Crippen LogP contribution in [0.4, 0.5) is 5.69 Å². The molecule has 0 aromatic heterocycles. The van der Waals surface area contributed by atoms with Crippen LogP contribution in [0.2, 0.25) is 10.0 Å². The van der Waals surface area contributed by atoms with Crippen molar-refractivity contribution in [2.45, 2.75) is 4.90 Å². The highest BCUT2D eigenvalue weighted by Gasteiger charge is 2.09. The van der Waals surface area contributed by atoms with Crippen LogP contribution in [-0.4, -0.2) is 12.2 Å². The third kappa shape index (κ3) is 3.66. The van der Waals surface area contributed by atoms with Crippen molar-refractivity contribution in [3.63, 3.8) is 0 Å². The zero-order valence-electron chi connectivity index (χ0n) is 10.1. The molecular weight excluding hydrogens is 301 g/mol. The molecule has 0 atom stereocenters. The number of nitrogens with one attached hydrogen (secondary N) is 1. The molecule has 2 aromatic rings. The molecule has 1 N–H and O–H groups in total. The molecule has 0 spiro atoms. The molecule has 19 heavy (non-hydrogen) atoms. The van der Waals surface area contributed by atoms with Crippen molar-refractivity contribution < 1.29 is 4.79 Å². The second-order valence-corrected chi connectivity index (χ2v) is 5.53. The van der Waals surface area contributed by atoms with E-state index in [2.05, 4.69) is 5.32 Å². The molecule has 98 valence electrons. The molecule has 0 heterocycles. The SMILES string of the molecule is CSc1cccc(C(=O)Nc2cc(Cl)ccc2Cl)c1. The van der Waals surface area contributed by atoms with Gasteiger partial charge in [0, 0.05) is 15.5 Å². The first-order valence-corrected chi connectivity index (χ1v) is 7.48. The highest BCUT2D eigenvalue weighted by molar-refractivity contribution is 7.98. The van der Waals surface area contributed by atoms with E-state index in [0.717, 1.165) is 4.90 Å². The van der Waals surface area contributed by atoms with Gasteiger partial charge in [0.05, 0.1) is 10.7 Å². The maximum Gasteiger partial charge on any atom is 0.255 e. The highest BCUT2D eigenvalue weighted by atomic mass is 35.5. The van der Waals surface area contributed by atoms with Crippen molar-refractivity contribution in [1.29, 1.82) is 0 Å². The molecule has 0 fully saturated rings. The van der Waals surface area contributed by atoms with Crippen LogP contribution in [-0.2, 0) is 0 Å². The summed E-state index contributed by atoms with van der Waals surface area (Å²) in [6, 6.07) is 12.3. The normalized spacial score (nSPS) is 10.3. The van der Waals surface area contributed by atoms with E-state index in [-0.39, 0.29) is 5.91 Å². The van der Waals surface area contributed by atoms with E-state index in [1.54, 1.807) is 36.0 Å². The minimum atomic E-state index is -0.208. The van der Waals surface area contributed by atoms with Crippen molar-refractivity contribution >= 4 is 46.6 Å². The van der Waals surface area contributed by atoms with Crippen molar-refractivity contribution in [1.82, 2.24) is 0 Å². The number of anilines is 1. The maximum atomic E-state index is 12.1. The van der Waals surface area contributed by atoms with Crippen LogP contribution >= 0.6 is 35.0 Å². The van der Waals surface area contributed by atoms with Gasteiger partial charge in [0.25, 0.3) is 5.91 Å². The zero-order valence-corrected chi connectivity index (χ0v) is 12.4. The Labute approximate surface area is 126 Å². The zero-order chi connectivity index (χ0) is 13.8. The van der Waals surface area contributed by atoms with E-state index in [0.29, 0.717) is 21.3 Å². The Hall–Kier alpha value is -1.16. The predicted molar refractivity (Wildman–Crippen MR) is 82.6 cm³/mol. The number of benzene rings is 2. The van der Waals surface area contributed by atoms with Gasteiger partial charge in [0.2, 0.25) is 0 Å². The molecule has 5 heteroatoms. The molecule has 2 rings (SSSR count). The van der Waals surface area contributed by atoms with Crippen LogP contribution < -0.4 is 5.32 Å². The minimum absolute atomic E-state index is 0.208. The van der Waals surface area contributed by atoms with Crippen molar-refractivity contribution in [2.24, 2.45) is 0 Å². The summed E-state index contributed by atoms with van der Waals surface area (Å²) in [6.07, 6.45) is 1.96. The number of thioether (sulfide) groups is 1. The Balaban J connectivity index is 2.22. The fourth-order valence-corrected chi connectivity index (χ4v) is 2.35. The summed E-state index contributed by atoms with van der Waals surface area (Å²) >= 11 is 13.5. The van der Waals surface area contributed by atoms with Gasteiger partial charge in [-0.15, -0.1) is 11.8 Å². The molecule has 0 radical (unpaired) electrons. The van der Waals surface area contributed by atoms with E-state index in [1.165, 1.54) is 0 Å². The molecule has 0 aliphatic carbocycles. The van der Waals surface area contributed by atoms with E-state index < -0.39 is 0 Å². The van der Waals surface area contributed by atoms with Crippen molar-refractivity contribution in [2.75, 3.05) is 11.6 Å². The lowest BCUT2D eigenvalue weighted by Crippen LogP contribution is -2.12. The molecule has 0 saturated heterocycles. The Morgan fingerprint density at radius 3 is 2.68 bits per heavy atom. The lowest BCUT2D eigenvalue weighted by atomic mass is 10.2. The van der Waals surface area contributed by atoms with E-state index >= 15 is 0 Å². The van der Waals surface area contributed by atoms with Gasteiger partial charge in [-0.05, 0) is 42.7 Å². The summed E-state index contributed by atoms with van der Waals surface area (Å²) < 4.78 is 0. The highest BCUT2D eigenvalue weighted by Crippen LogP contribution is 2.26. The first-order valence-electron chi connectivity index (χ1n) is 5.50. The van der Waals surface area contributed by atoms with Gasteiger partial charge in [0.15, 0.2) is 0 Å². The third-order valence-corrected chi connectivity index (χ3v) is 3.80. The molecule has 0 saturated carbocycles. The lowest BCUT2D eigenvalue weighted by Gasteiger charge is -2.08. The van der Waals surface area contributed by atoms with Gasteiger partial charge in [0.1, 0.15) is 0 Å². The summed E-state index contributed by atoms with van der Waals surface area (Å²) in [6.45, 7) is 0. The topological polar surface area (TPSA) is 29.1 Å². The van der Waals surface area contributed by atoms with Crippen LogP contribution in [0.5, 0.6) is 0 Å². The molecular formula is C14H11Cl2NOS. The number of carbonyl (C=O) groups is 1. The van der Waals surface area contributed by atoms with Crippen molar-refractivity contribution in [3.8, 4) is 0 Å². The second kappa shape index (κ2) is 6.33. The number of rotatable bonds is 3. The summed E-state index contributed by atoms with van der Waals surface area (Å²) in [5, 5.41) is 3.74. The number of carbonyl (C=O) groups excluding carboxylic acids is 1. The van der Waals surface area contributed by atoms with E-state index in [9.17, 15) is 4.79 Å². The fraction of sp³-hybridized carbons (Fsp3) is 0.0714. The largest absolute Gasteiger partial charge is 0.321 e. The average molecular weight is 312 g/mol. The Morgan fingerprint density at radius 1 is 1.16 bits per heavy atom. The summed E-state index contributed by atoms with van der Waals surface area (Å²) in [5.74, 6) is -0.208. The maximum absolute atomic E-state index is 12.1. The monoisotopic (exact) mass is 311 g/mol. The average Bonchev–Trinajstić information content (AvgIpc) is 2.43. The van der Waals surface area contributed by atoms with Gasteiger partial charge in [-0.1, -0.05) is 29.3 Å². The van der Waals surface area contributed by atoms with Crippen LogP contribution in [0.3, 0.4) is 0 Å². The standard InChI is InChI=1S/C14H11Cl2NOS/c1-19-11-4-2-3-9(7-11)14(18)17-13-8-10(15)5-6-12(13)16/h2-8H,1H3,(H,17,18). The van der Waals surface area contributed by atoms with Gasteiger partial charge >= 0.3 is 0 Å². The molecule has 1 amide bonds. The summed E-state index contributed by atoms with van der Waals surface area (Å²) in [7, 11) is 0. The Kier molecular flexibility index (Phi) is 4.75. The van der Waals surface area contributed by atoms with Gasteiger partial charge < -0.3 is 5.32 Å².